The van der Waals surface area contributed by atoms with Crippen LogP contribution in [0.1, 0.15) is 36.0 Å². The van der Waals surface area contributed by atoms with Crippen LogP contribution in [0.3, 0.4) is 0 Å². The van der Waals surface area contributed by atoms with Gasteiger partial charge < -0.3 is 15.8 Å². The number of hydrogen-bond donors (Lipinski definition) is 2. The molecule has 0 saturated heterocycles. The third-order valence-corrected chi connectivity index (χ3v) is 5.00. The van der Waals surface area contributed by atoms with Crippen molar-refractivity contribution in [3.63, 3.8) is 0 Å². The second-order valence-electron chi connectivity index (χ2n) is 6.13. The highest BCUT2D eigenvalue weighted by molar-refractivity contribution is 7.09. The lowest BCUT2D eigenvalue weighted by molar-refractivity contribution is 0.0882. The molecule has 1 unspecified atom stereocenters. The first-order valence-corrected chi connectivity index (χ1v) is 8.60. The van der Waals surface area contributed by atoms with E-state index < -0.39 is 5.54 Å². The number of ether oxygens (including phenoxy) is 1. The van der Waals surface area contributed by atoms with Gasteiger partial charge in [-0.1, -0.05) is 26.0 Å². The molecule has 1 aromatic carbocycles. The minimum absolute atomic E-state index is 0.131. The van der Waals surface area contributed by atoms with Crippen molar-refractivity contribution in [1.82, 2.24) is 5.32 Å². The van der Waals surface area contributed by atoms with Crippen LogP contribution in [0.15, 0.2) is 41.8 Å². The zero-order valence-corrected chi connectivity index (χ0v) is 14.7. The van der Waals surface area contributed by atoms with E-state index in [0.29, 0.717) is 24.5 Å². The molecule has 1 amide bonds. The van der Waals surface area contributed by atoms with E-state index in [-0.39, 0.29) is 11.8 Å². The second kappa shape index (κ2) is 7.62. The predicted octanol–water partition coefficient (Wildman–Crippen LogP) is 3.43. The lowest BCUT2D eigenvalue weighted by Crippen LogP contribution is -2.55. The monoisotopic (exact) mass is 332 g/mol. The van der Waals surface area contributed by atoms with Crippen LogP contribution < -0.4 is 15.8 Å². The lowest BCUT2D eigenvalue weighted by atomic mass is 9.88. The van der Waals surface area contributed by atoms with Crippen molar-refractivity contribution in [2.45, 2.75) is 32.9 Å². The van der Waals surface area contributed by atoms with Gasteiger partial charge in [-0.15, -0.1) is 11.3 Å². The number of nitrogens with two attached hydrogens (primary N) is 1. The average molecular weight is 332 g/mol. The van der Waals surface area contributed by atoms with E-state index in [4.69, 9.17) is 10.5 Å². The maximum atomic E-state index is 12.5. The van der Waals surface area contributed by atoms with Crippen molar-refractivity contribution in [2.75, 3.05) is 6.54 Å². The fraction of sp³-hybridized carbons (Fsp3) is 0.389. The molecule has 3 N–H and O–H groups in total. The minimum atomic E-state index is -0.426. The Kier molecular flexibility index (Phi) is 5.80. The second-order valence-corrected chi connectivity index (χ2v) is 7.16. The number of carbonyl (C=O) groups excluding carboxylic acids is 1. The van der Waals surface area contributed by atoms with Crippen LogP contribution in [-0.4, -0.2) is 18.0 Å². The van der Waals surface area contributed by atoms with Gasteiger partial charge in [0.2, 0.25) is 0 Å². The highest BCUT2D eigenvalue weighted by Gasteiger charge is 2.28. The van der Waals surface area contributed by atoms with Crippen LogP contribution in [0.25, 0.3) is 0 Å². The predicted molar refractivity (Wildman–Crippen MR) is 94.9 cm³/mol. The van der Waals surface area contributed by atoms with Gasteiger partial charge in [0.1, 0.15) is 12.4 Å². The van der Waals surface area contributed by atoms with Gasteiger partial charge in [0.05, 0.1) is 5.54 Å². The summed E-state index contributed by atoms with van der Waals surface area (Å²) < 4.78 is 5.75. The van der Waals surface area contributed by atoms with Gasteiger partial charge in [-0.2, -0.15) is 0 Å². The smallest absolute Gasteiger partial charge is 0.251 e. The van der Waals surface area contributed by atoms with Crippen molar-refractivity contribution in [2.24, 2.45) is 11.7 Å². The molecule has 0 spiro atoms. The summed E-state index contributed by atoms with van der Waals surface area (Å²) in [5, 5.41) is 5.05. The number of amides is 1. The molecular weight excluding hydrogens is 308 g/mol. The summed E-state index contributed by atoms with van der Waals surface area (Å²) in [5.41, 5.74) is 5.98. The zero-order valence-electron chi connectivity index (χ0n) is 13.8. The van der Waals surface area contributed by atoms with Gasteiger partial charge in [0.25, 0.3) is 5.91 Å². The normalized spacial score (nSPS) is 13.6. The molecule has 23 heavy (non-hydrogen) atoms. The van der Waals surface area contributed by atoms with E-state index in [2.05, 4.69) is 5.32 Å². The van der Waals surface area contributed by atoms with Crippen molar-refractivity contribution in [1.29, 1.82) is 0 Å². The maximum Gasteiger partial charge on any atom is 0.251 e. The van der Waals surface area contributed by atoms with Gasteiger partial charge in [0, 0.05) is 17.0 Å². The van der Waals surface area contributed by atoms with E-state index in [9.17, 15) is 4.79 Å². The molecule has 0 aliphatic rings. The minimum Gasteiger partial charge on any atom is -0.488 e. The van der Waals surface area contributed by atoms with Gasteiger partial charge in [-0.05, 0) is 42.5 Å². The van der Waals surface area contributed by atoms with Crippen LogP contribution in [0, 0.1) is 5.92 Å². The van der Waals surface area contributed by atoms with Crippen LogP contribution in [0.5, 0.6) is 5.75 Å². The Bertz CT molecular complexity index is 640. The molecule has 0 saturated carbocycles. The molecule has 0 aliphatic heterocycles. The van der Waals surface area contributed by atoms with E-state index in [1.165, 1.54) is 0 Å². The van der Waals surface area contributed by atoms with Crippen LogP contribution in [0.2, 0.25) is 0 Å². The first-order valence-electron chi connectivity index (χ1n) is 7.72. The Morgan fingerprint density at radius 2 is 2.13 bits per heavy atom. The number of nitrogens with one attached hydrogen (secondary N) is 1. The highest BCUT2D eigenvalue weighted by Crippen LogP contribution is 2.19. The number of rotatable bonds is 7. The van der Waals surface area contributed by atoms with Crippen molar-refractivity contribution >= 4 is 17.2 Å². The summed E-state index contributed by atoms with van der Waals surface area (Å²) in [6.45, 7) is 6.97. The van der Waals surface area contributed by atoms with E-state index in [1.807, 2.05) is 50.4 Å². The molecule has 5 heteroatoms. The highest BCUT2D eigenvalue weighted by atomic mass is 32.1. The topological polar surface area (TPSA) is 64.3 Å². The lowest BCUT2D eigenvalue weighted by Gasteiger charge is -2.33. The summed E-state index contributed by atoms with van der Waals surface area (Å²) in [5.74, 6) is 0.799. The summed E-state index contributed by atoms with van der Waals surface area (Å²) >= 11 is 1.65. The molecular formula is C18H24N2O2S. The largest absolute Gasteiger partial charge is 0.488 e. The standard InChI is InChI=1S/C18H24N2O2S/c1-13(2)18(3,12-19)20-17(21)14-6-4-7-15(10-14)22-11-16-8-5-9-23-16/h4-10,13H,11-12,19H2,1-3H3,(H,20,21). The number of benzene rings is 1. The molecule has 0 bridgehead atoms. The van der Waals surface area contributed by atoms with Gasteiger partial charge in [-0.25, -0.2) is 0 Å². The van der Waals surface area contributed by atoms with Crippen LogP contribution in [0.4, 0.5) is 0 Å². The van der Waals surface area contributed by atoms with Crippen molar-refractivity contribution < 1.29 is 9.53 Å². The van der Waals surface area contributed by atoms with Gasteiger partial charge in [0.15, 0.2) is 0 Å². The van der Waals surface area contributed by atoms with Crippen LogP contribution in [-0.2, 0) is 6.61 Å². The molecule has 124 valence electrons. The Morgan fingerprint density at radius 3 is 2.74 bits per heavy atom. The van der Waals surface area contributed by atoms with E-state index in [0.717, 1.165) is 4.88 Å². The summed E-state index contributed by atoms with van der Waals surface area (Å²) in [7, 11) is 0. The molecule has 1 aromatic heterocycles. The van der Waals surface area contributed by atoms with Crippen LogP contribution >= 0.6 is 11.3 Å². The van der Waals surface area contributed by atoms with E-state index >= 15 is 0 Å². The van der Waals surface area contributed by atoms with Gasteiger partial charge in [-0.3, -0.25) is 4.79 Å². The Labute approximate surface area is 141 Å². The summed E-state index contributed by atoms with van der Waals surface area (Å²) in [6.07, 6.45) is 0. The summed E-state index contributed by atoms with van der Waals surface area (Å²) in [6, 6.07) is 11.2. The molecule has 2 rings (SSSR count). The molecule has 4 nitrogen and oxygen atoms in total. The molecule has 1 heterocycles. The first kappa shape index (κ1) is 17.5. The molecule has 2 aromatic rings. The summed E-state index contributed by atoms with van der Waals surface area (Å²) in [4.78, 5) is 13.6. The SMILES string of the molecule is CC(C)C(C)(CN)NC(=O)c1cccc(OCc2cccs2)c1. The Morgan fingerprint density at radius 1 is 1.35 bits per heavy atom. The fourth-order valence-corrected chi connectivity index (χ4v) is 2.65. The molecule has 1 atom stereocenters. The first-order chi connectivity index (χ1) is 10.9. The van der Waals surface area contributed by atoms with Crippen molar-refractivity contribution in [3.8, 4) is 5.75 Å². The number of thiophene rings is 1. The Balaban J connectivity index is 2.05. The maximum absolute atomic E-state index is 12.5. The molecule has 0 fully saturated rings. The average Bonchev–Trinajstić information content (AvgIpc) is 3.06. The zero-order chi connectivity index (χ0) is 16.9. The molecule has 0 radical (unpaired) electrons. The molecule has 0 aliphatic carbocycles. The Hall–Kier alpha value is -1.85. The third-order valence-electron chi connectivity index (χ3n) is 4.15. The third kappa shape index (κ3) is 4.56. The quantitative estimate of drug-likeness (QED) is 0.816. The van der Waals surface area contributed by atoms with Crippen molar-refractivity contribution in [3.05, 3.63) is 52.2 Å². The van der Waals surface area contributed by atoms with Gasteiger partial charge >= 0.3 is 0 Å². The fourth-order valence-electron chi connectivity index (χ4n) is 2.04. The number of carbonyl (C=O) groups is 1. The number of hydrogen-bond acceptors (Lipinski definition) is 4. The van der Waals surface area contributed by atoms with E-state index in [1.54, 1.807) is 23.5 Å².